The number of hydrazone groups is 1. The molecule has 3 aromatic carbocycles. The summed E-state index contributed by atoms with van der Waals surface area (Å²) >= 11 is 0. The van der Waals surface area contributed by atoms with Crippen molar-refractivity contribution in [2.24, 2.45) is 5.10 Å². The van der Waals surface area contributed by atoms with Crippen LogP contribution in [0.3, 0.4) is 0 Å². The molecule has 0 heterocycles. The Hall–Kier alpha value is -4.19. The highest BCUT2D eigenvalue weighted by molar-refractivity contribution is 6.04. The molecule has 6 nitrogen and oxygen atoms in total. The van der Waals surface area contributed by atoms with Crippen LogP contribution in [0.5, 0.6) is 5.75 Å². The molecule has 0 bridgehead atoms. The third-order valence-electron chi connectivity index (χ3n) is 5.06. The first-order chi connectivity index (χ1) is 16.3. The lowest BCUT2D eigenvalue weighted by Gasteiger charge is -2.19. The Kier molecular flexibility index (Phi) is 7.98. The highest BCUT2D eigenvalue weighted by Crippen LogP contribution is 2.22. The zero-order valence-electron chi connectivity index (χ0n) is 19.7. The van der Waals surface area contributed by atoms with E-state index in [-0.39, 0.29) is 17.2 Å². The minimum atomic E-state index is -0.364. The third kappa shape index (κ3) is 6.65. The smallest absolute Gasteiger partial charge is 0.271 e. The van der Waals surface area contributed by atoms with Gasteiger partial charge in [0.1, 0.15) is 12.4 Å². The van der Waals surface area contributed by atoms with Gasteiger partial charge in [-0.05, 0) is 59.5 Å². The van der Waals surface area contributed by atoms with Crippen molar-refractivity contribution < 1.29 is 14.3 Å². The lowest BCUT2D eigenvalue weighted by atomic mass is 9.87. The summed E-state index contributed by atoms with van der Waals surface area (Å²) in [5, 5.41) is 6.87. The molecule has 0 aliphatic heterocycles. The van der Waals surface area contributed by atoms with Gasteiger partial charge >= 0.3 is 0 Å². The van der Waals surface area contributed by atoms with Crippen LogP contribution < -0.4 is 15.5 Å². The molecule has 0 fully saturated rings. The molecular weight excluding hydrogens is 426 g/mol. The van der Waals surface area contributed by atoms with Gasteiger partial charge in [-0.1, -0.05) is 57.7 Å². The highest BCUT2D eigenvalue weighted by atomic mass is 16.5. The Morgan fingerprint density at radius 1 is 0.912 bits per heavy atom. The van der Waals surface area contributed by atoms with E-state index in [0.717, 1.165) is 11.1 Å². The molecule has 0 unspecified atom stereocenters. The zero-order chi connectivity index (χ0) is 24.6. The van der Waals surface area contributed by atoms with Crippen LogP contribution in [0.1, 0.15) is 52.6 Å². The van der Waals surface area contributed by atoms with Gasteiger partial charge in [0.2, 0.25) is 0 Å². The predicted octanol–water partition coefficient (Wildman–Crippen LogP) is 5.57. The van der Waals surface area contributed by atoms with Crippen LogP contribution in [0.25, 0.3) is 0 Å². The summed E-state index contributed by atoms with van der Waals surface area (Å²) in [6.07, 6.45) is 3.18. The highest BCUT2D eigenvalue weighted by Gasteiger charge is 2.14. The molecule has 34 heavy (non-hydrogen) atoms. The average Bonchev–Trinajstić information content (AvgIpc) is 2.83. The van der Waals surface area contributed by atoms with Crippen molar-refractivity contribution in [3.63, 3.8) is 0 Å². The van der Waals surface area contributed by atoms with Crippen LogP contribution in [-0.2, 0) is 5.41 Å². The van der Waals surface area contributed by atoms with Crippen LogP contribution in [-0.4, -0.2) is 24.6 Å². The molecule has 0 aliphatic carbocycles. The molecule has 0 radical (unpaired) electrons. The van der Waals surface area contributed by atoms with E-state index in [1.165, 1.54) is 6.21 Å². The van der Waals surface area contributed by atoms with E-state index in [1.807, 2.05) is 48.5 Å². The standard InChI is InChI=1S/C28H29N3O3/c1-5-18-34-25-9-7-6-8-22(25)19-29-31-27(33)21-12-16-24(17-13-21)30-26(32)20-10-14-23(15-11-20)28(2,3)4/h5-17,19H,1,18H2,2-4H3,(H,30,32)(H,31,33)/b29-19+. The number of benzene rings is 3. The molecule has 6 heteroatoms. The van der Waals surface area contributed by atoms with Crippen LogP contribution in [0.15, 0.2) is 90.6 Å². The second-order valence-corrected chi connectivity index (χ2v) is 8.70. The Morgan fingerprint density at radius 2 is 1.53 bits per heavy atom. The maximum atomic E-state index is 12.5. The number of nitrogens with one attached hydrogen (secondary N) is 2. The maximum absolute atomic E-state index is 12.5. The largest absolute Gasteiger partial charge is 0.489 e. The van der Waals surface area contributed by atoms with Gasteiger partial charge in [0.05, 0.1) is 6.21 Å². The van der Waals surface area contributed by atoms with Crippen molar-refractivity contribution in [3.8, 4) is 5.75 Å². The average molecular weight is 456 g/mol. The molecule has 0 aliphatic rings. The van der Waals surface area contributed by atoms with Crippen molar-refractivity contribution in [1.82, 2.24) is 5.43 Å². The molecule has 0 spiro atoms. The zero-order valence-corrected chi connectivity index (χ0v) is 19.7. The van der Waals surface area contributed by atoms with Crippen molar-refractivity contribution in [1.29, 1.82) is 0 Å². The fourth-order valence-electron chi connectivity index (χ4n) is 3.12. The topological polar surface area (TPSA) is 79.8 Å². The summed E-state index contributed by atoms with van der Waals surface area (Å²) in [6, 6.07) is 21.5. The van der Waals surface area contributed by atoms with Crippen molar-refractivity contribution in [2.75, 3.05) is 11.9 Å². The van der Waals surface area contributed by atoms with Gasteiger partial charge in [0.15, 0.2) is 0 Å². The lowest BCUT2D eigenvalue weighted by molar-refractivity contribution is 0.0954. The minimum absolute atomic E-state index is 0.0259. The second kappa shape index (κ2) is 11.1. The number of amides is 2. The number of hydrogen-bond acceptors (Lipinski definition) is 4. The van der Waals surface area contributed by atoms with E-state index in [2.05, 4.69) is 43.2 Å². The lowest BCUT2D eigenvalue weighted by Crippen LogP contribution is -2.18. The number of hydrogen-bond donors (Lipinski definition) is 2. The SMILES string of the molecule is C=CCOc1ccccc1/C=N/NC(=O)c1ccc(NC(=O)c2ccc(C(C)(C)C)cc2)cc1. The molecule has 0 atom stereocenters. The molecule has 0 saturated heterocycles. The van der Waals surface area contributed by atoms with Crippen molar-refractivity contribution in [2.45, 2.75) is 26.2 Å². The van der Waals surface area contributed by atoms with Crippen LogP contribution in [0, 0.1) is 0 Å². The normalized spacial score (nSPS) is 11.1. The van der Waals surface area contributed by atoms with E-state index < -0.39 is 0 Å². The number of rotatable bonds is 8. The second-order valence-electron chi connectivity index (χ2n) is 8.70. The molecule has 2 N–H and O–H groups in total. The van der Waals surface area contributed by atoms with E-state index in [0.29, 0.717) is 29.2 Å². The molecule has 2 amide bonds. The molecule has 0 saturated carbocycles. The molecule has 0 aromatic heterocycles. The summed E-state index contributed by atoms with van der Waals surface area (Å²) in [6.45, 7) is 10.4. The summed E-state index contributed by atoms with van der Waals surface area (Å²) < 4.78 is 5.57. The Labute approximate surface area is 200 Å². The van der Waals surface area contributed by atoms with Gasteiger partial charge in [-0.15, -0.1) is 0 Å². The monoisotopic (exact) mass is 455 g/mol. The number of nitrogens with zero attached hydrogens (tertiary/aromatic N) is 1. The fraction of sp³-hybridized carbons (Fsp3) is 0.179. The third-order valence-corrected chi connectivity index (χ3v) is 5.06. The Morgan fingerprint density at radius 3 is 2.18 bits per heavy atom. The van der Waals surface area contributed by atoms with Crippen molar-refractivity contribution >= 4 is 23.7 Å². The number of para-hydroxylation sites is 1. The van der Waals surface area contributed by atoms with Gasteiger partial charge in [-0.3, -0.25) is 9.59 Å². The number of carbonyl (C=O) groups excluding carboxylic acids is 2. The quantitative estimate of drug-likeness (QED) is 0.265. The van der Waals surface area contributed by atoms with Gasteiger partial charge in [-0.2, -0.15) is 5.10 Å². The van der Waals surface area contributed by atoms with Gasteiger partial charge in [0, 0.05) is 22.4 Å². The first-order valence-corrected chi connectivity index (χ1v) is 11.0. The number of carbonyl (C=O) groups is 2. The van der Waals surface area contributed by atoms with Crippen LogP contribution in [0.2, 0.25) is 0 Å². The van der Waals surface area contributed by atoms with Crippen LogP contribution >= 0.6 is 0 Å². The van der Waals surface area contributed by atoms with Crippen LogP contribution in [0.4, 0.5) is 5.69 Å². The van der Waals surface area contributed by atoms with Gasteiger partial charge in [-0.25, -0.2) is 5.43 Å². The minimum Gasteiger partial charge on any atom is -0.489 e. The van der Waals surface area contributed by atoms with E-state index in [1.54, 1.807) is 30.3 Å². The summed E-state index contributed by atoms with van der Waals surface area (Å²) in [5.74, 6) is 0.0736. The molecule has 3 rings (SSSR count). The molecule has 3 aromatic rings. The van der Waals surface area contributed by atoms with E-state index in [4.69, 9.17) is 4.74 Å². The number of anilines is 1. The van der Waals surface area contributed by atoms with Gasteiger partial charge < -0.3 is 10.1 Å². The van der Waals surface area contributed by atoms with Crippen molar-refractivity contribution in [3.05, 3.63) is 108 Å². The Bertz CT molecular complexity index is 1170. The Balaban J connectivity index is 1.58. The number of ether oxygens (including phenoxy) is 1. The summed E-state index contributed by atoms with van der Waals surface area (Å²) in [7, 11) is 0. The maximum Gasteiger partial charge on any atom is 0.271 e. The predicted molar refractivity (Wildman–Crippen MR) is 137 cm³/mol. The van der Waals surface area contributed by atoms with Gasteiger partial charge in [0.25, 0.3) is 11.8 Å². The summed E-state index contributed by atoms with van der Waals surface area (Å²) in [5.41, 5.74) is 6.01. The summed E-state index contributed by atoms with van der Waals surface area (Å²) in [4.78, 5) is 24.9. The first-order valence-electron chi connectivity index (χ1n) is 11.0. The van der Waals surface area contributed by atoms with E-state index in [9.17, 15) is 9.59 Å². The molecular formula is C28H29N3O3. The molecule has 174 valence electrons. The first kappa shape index (κ1) is 24.5. The fourth-order valence-corrected chi connectivity index (χ4v) is 3.12. The van der Waals surface area contributed by atoms with E-state index >= 15 is 0 Å².